The van der Waals surface area contributed by atoms with Crippen LogP contribution in [0.15, 0.2) is 0 Å². The largest absolute Gasteiger partial charge is 0.481 e. The predicted molar refractivity (Wildman–Crippen MR) is 80.1 cm³/mol. The molecule has 1 unspecified atom stereocenters. The van der Waals surface area contributed by atoms with E-state index in [0.29, 0.717) is 26.2 Å². The molecule has 1 fully saturated rings. The number of nitrogens with zero attached hydrogens (tertiary/aromatic N) is 1. The molecule has 0 saturated carbocycles. The Labute approximate surface area is 126 Å². The highest BCUT2D eigenvalue weighted by Gasteiger charge is 2.39. The lowest BCUT2D eigenvalue weighted by Crippen LogP contribution is -2.47. The van der Waals surface area contributed by atoms with Crippen LogP contribution in [0.1, 0.15) is 33.1 Å². The molecule has 1 aliphatic heterocycles. The fourth-order valence-electron chi connectivity index (χ4n) is 2.67. The number of nitrogens with one attached hydrogen (secondary N) is 1. The first-order valence-electron chi connectivity index (χ1n) is 7.59. The van der Waals surface area contributed by atoms with Crippen molar-refractivity contribution in [3.05, 3.63) is 0 Å². The molecule has 1 saturated heterocycles. The highest BCUT2D eigenvalue weighted by Crippen LogP contribution is 2.34. The Balaban J connectivity index is 2.39. The lowest BCUT2D eigenvalue weighted by atomic mass is 9.74. The van der Waals surface area contributed by atoms with Crippen LogP contribution in [-0.2, 0) is 14.3 Å². The quantitative estimate of drug-likeness (QED) is 0.653. The molecule has 1 aliphatic rings. The molecule has 1 rings (SSSR count). The van der Waals surface area contributed by atoms with Crippen molar-refractivity contribution in [2.75, 3.05) is 39.9 Å². The van der Waals surface area contributed by atoms with Crippen molar-refractivity contribution < 1.29 is 19.4 Å². The van der Waals surface area contributed by atoms with Crippen molar-refractivity contribution in [3.63, 3.8) is 0 Å². The minimum atomic E-state index is -0.765. The zero-order valence-electron chi connectivity index (χ0n) is 13.4. The lowest BCUT2D eigenvalue weighted by Gasteiger charge is -2.38. The summed E-state index contributed by atoms with van der Waals surface area (Å²) in [6.45, 7) is 6.67. The molecule has 0 aromatic rings. The highest BCUT2D eigenvalue weighted by molar-refractivity contribution is 5.78. The van der Waals surface area contributed by atoms with E-state index in [1.807, 2.05) is 0 Å². The molecule has 122 valence electrons. The molecule has 21 heavy (non-hydrogen) atoms. The fraction of sp³-hybridized carbons (Fsp3) is 0.867. The molecule has 0 radical (unpaired) electrons. The second-order valence-corrected chi connectivity index (χ2v) is 6.30. The van der Waals surface area contributed by atoms with E-state index in [9.17, 15) is 14.7 Å². The number of carboxylic acid groups (broad SMARTS) is 1. The van der Waals surface area contributed by atoms with Gasteiger partial charge >= 0.3 is 5.97 Å². The summed E-state index contributed by atoms with van der Waals surface area (Å²) in [4.78, 5) is 25.3. The molecular weight excluding hydrogens is 272 g/mol. The molecule has 0 aromatic heterocycles. The van der Waals surface area contributed by atoms with Crippen LogP contribution in [0, 0.1) is 11.3 Å². The molecule has 0 aromatic carbocycles. The zero-order chi connectivity index (χ0) is 15.9. The molecule has 6 nitrogen and oxygen atoms in total. The maximum atomic E-state index is 11.9. The van der Waals surface area contributed by atoms with Crippen molar-refractivity contribution in [1.29, 1.82) is 0 Å². The summed E-state index contributed by atoms with van der Waals surface area (Å²) in [6.07, 6.45) is 2.65. The van der Waals surface area contributed by atoms with Crippen LogP contribution in [0.5, 0.6) is 0 Å². The third-order valence-electron chi connectivity index (χ3n) is 4.29. The van der Waals surface area contributed by atoms with Gasteiger partial charge in [-0.05, 0) is 45.6 Å². The molecule has 1 heterocycles. The van der Waals surface area contributed by atoms with Gasteiger partial charge in [-0.2, -0.15) is 0 Å². The third kappa shape index (κ3) is 5.63. The number of hydrogen-bond acceptors (Lipinski definition) is 4. The Morgan fingerprint density at radius 3 is 2.76 bits per heavy atom. The minimum Gasteiger partial charge on any atom is -0.481 e. The van der Waals surface area contributed by atoms with E-state index in [1.54, 1.807) is 21.0 Å². The van der Waals surface area contributed by atoms with Gasteiger partial charge in [0.15, 0.2) is 0 Å². The van der Waals surface area contributed by atoms with Crippen molar-refractivity contribution in [2.45, 2.75) is 33.1 Å². The number of piperidine rings is 1. The highest BCUT2D eigenvalue weighted by atomic mass is 16.5. The smallest absolute Gasteiger partial charge is 0.309 e. The number of carbonyl (C=O) groups excluding carboxylic acids is 1. The molecule has 1 amide bonds. The van der Waals surface area contributed by atoms with Gasteiger partial charge in [-0.3, -0.25) is 14.5 Å². The number of carbonyl (C=O) groups is 2. The first kappa shape index (κ1) is 17.9. The van der Waals surface area contributed by atoms with Gasteiger partial charge in [-0.15, -0.1) is 0 Å². The van der Waals surface area contributed by atoms with Crippen LogP contribution in [0.4, 0.5) is 0 Å². The first-order chi connectivity index (χ1) is 9.87. The SMILES string of the molecule is COCCCNC(=O)CN1CCCC(C(C)(C)C(=O)O)C1. The van der Waals surface area contributed by atoms with Gasteiger partial charge in [0.05, 0.1) is 12.0 Å². The number of likely N-dealkylation sites (tertiary alicyclic amines) is 1. The molecule has 6 heteroatoms. The van der Waals surface area contributed by atoms with Crippen LogP contribution in [0.3, 0.4) is 0 Å². The summed E-state index contributed by atoms with van der Waals surface area (Å²) < 4.78 is 4.93. The normalized spacial score (nSPS) is 20.2. The van der Waals surface area contributed by atoms with E-state index in [2.05, 4.69) is 10.2 Å². The van der Waals surface area contributed by atoms with Crippen LogP contribution in [0.2, 0.25) is 0 Å². The van der Waals surface area contributed by atoms with Crippen molar-refractivity contribution >= 4 is 11.9 Å². The van der Waals surface area contributed by atoms with E-state index in [-0.39, 0.29) is 11.8 Å². The second-order valence-electron chi connectivity index (χ2n) is 6.30. The summed E-state index contributed by atoms with van der Waals surface area (Å²) >= 11 is 0. The van der Waals surface area contributed by atoms with Gasteiger partial charge in [0.25, 0.3) is 0 Å². The number of hydrogen-bond donors (Lipinski definition) is 2. The molecule has 2 N–H and O–H groups in total. The van der Waals surface area contributed by atoms with E-state index in [4.69, 9.17) is 4.74 Å². The van der Waals surface area contributed by atoms with Crippen LogP contribution < -0.4 is 5.32 Å². The van der Waals surface area contributed by atoms with Gasteiger partial charge in [0.2, 0.25) is 5.91 Å². The predicted octanol–water partition coefficient (Wildman–Crippen LogP) is 0.962. The standard InChI is InChI=1S/C15H28N2O4/c1-15(2,14(19)20)12-6-4-8-17(10-12)11-13(18)16-7-5-9-21-3/h12H,4-11H2,1-3H3,(H,16,18)(H,19,20). The maximum Gasteiger partial charge on any atom is 0.309 e. The molecular formula is C15H28N2O4. The van der Waals surface area contributed by atoms with Crippen molar-refractivity contribution in [2.24, 2.45) is 11.3 Å². The molecule has 1 atom stereocenters. The minimum absolute atomic E-state index is 0.000107. The fourth-order valence-corrected chi connectivity index (χ4v) is 2.67. The Bertz CT molecular complexity index is 358. The average molecular weight is 300 g/mol. The van der Waals surface area contributed by atoms with E-state index in [0.717, 1.165) is 25.8 Å². The van der Waals surface area contributed by atoms with Gasteiger partial charge in [-0.25, -0.2) is 0 Å². The van der Waals surface area contributed by atoms with Crippen LogP contribution in [0.25, 0.3) is 0 Å². The maximum absolute atomic E-state index is 11.9. The first-order valence-corrected chi connectivity index (χ1v) is 7.59. The van der Waals surface area contributed by atoms with E-state index < -0.39 is 11.4 Å². The van der Waals surface area contributed by atoms with Gasteiger partial charge in [0, 0.05) is 26.8 Å². The summed E-state index contributed by atoms with van der Waals surface area (Å²) in [6, 6.07) is 0. The summed E-state index contributed by atoms with van der Waals surface area (Å²) in [5.41, 5.74) is -0.742. The van der Waals surface area contributed by atoms with Gasteiger partial charge in [0.1, 0.15) is 0 Å². The average Bonchev–Trinajstić information content (AvgIpc) is 2.43. The van der Waals surface area contributed by atoms with E-state index >= 15 is 0 Å². The third-order valence-corrected chi connectivity index (χ3v) is 4.29. The Morgan fingerprint density at radius 1 is 1.43 bits per heavy atom. The Hall–Kier alpha value is -1.14. The monoisotopic (exact) mass is 300 g/mol. The van der Waals surface area contributed by atoms with Gasteiger partial charge < -0.3 is 15.2 Å². The zero-order valence-corrected chi connectivity index (χ0v) is 13.4. The molecule has 0 spiro atoms. The van der Waals surface area contributed by atoms with Gasteiger partial charge in [-0.1, -0.05) is 0 Å². The number of ether oxygens (including phenoxy) is 1. The summed E-state index contributed by atoms with van der Waals surface area (Å²) in [5.74, 6) is -0.678. The number of rotatable bonds is 8. The van der Waals surface area contributed by atoms with E-state index in [1.165, 1.54) is 0 Å². The van der Waals surface area contributed by atoms with Crippen molar-refractivity contribution in [3.8, 4) is 0 Å². The number of aliphatic carboxylic acids is 1. The van der Waals surface area contributed by atoms with Crippen LogP contribution in [-0.4, -0.2) is 61.8 Å². The second kappa shape index (κ2) is 8.34. The molecule has 0 bridgehead atoms. The van der Waals surface area contributed by atoms with Crippen LogP contribution >= 0.6 is 0 Å². The lowest BCUT2D eigenvalue weighted by molar-refractivity contribution is -0.151. The number of amides is 1. The summed E-state index contributed by atoms with van der Waals surface area (Å²) in [7, 11) is 1.64. The molecule has 0 aliphatic carbocycles. The number of carboxylic acids is 1. The van der Waals surface area contributed by atoms with Crippen molar-refractivity contribution in [1.82, 2.24) is 10.2 Å². The topological polar surface area (TPSA) is 78.9 Å². The Morgan fingerprint density at radius 2 is 2.14 bits per heavy atom. The number of methoxy groups -OCH3 is 1. The summed E-state index contributed by atoms with van der Waals surface area (Å²) in [5, 5.41) is 12.2. The Kier molecular flexibility index (Phi) is 7.11.